The summed E-state index contributed by atoms with van der Waals surface area (Å²) in [5, 5.41) is 8.93. The number of carbonyl (C=O) groups excluding carboxylic acids is 3. The summed E-state index contributed by atoms with van der Waals surface area (Å²) in [4.78, 5) is 46.5. The summed E-state index contributed by atoms with van der Waals surface area (Å²) >= 11 is 0. The molecule has 2 unspecified atom stereocenters. The Morgan fingerprint density at radius 1 is 0.828 bits per heavy atom. The molecule has 310 valence electrons. The molecule has 0 spiro atoms. The maximum atomic E-state index is 14.4. The molecule has 2 aliphatic rings. The Balaban J connectivity index is 1.04. The zero-order valence-electron chi connectivity index (χ0n) is 33.4. The number of carbonyl (C=O) groups is 3. The van der Waals surface area contributed by atoms with Crippen LogP contribution < -0.4 is 35.1 Å². The topological polar surface area (TPSA) is 144 Å². The minimum absolute atomic E-state index is 0.00359. The molecule has 13 nitrogen and oxygen atoms in total. The van der Waals surface area contributed by atoms with Gasteiger partial charge in [-0.05, 0) is 95.8 Å². The van der Waals surface area contributed by atoms with Gasteiger partial charge in [0.25, 0.3) is 0 Å². The second kappa shape index (κ2) is 17.3. The van der Waals surface area contributed by atoms with Crippen LogP contribution in [0.25, 0.3) is 10.9 Å². The van der Waals surface area contributed by atoms with Crippen molar-refractivity contribution >= 4 is 46.0 Å². The number of likely N-dealkylation sites (tertiary alicyclic amines) is 1. The molecule has 4 amide bonds. The molecule has 0 bridgehead atoms. The number of methoxy groups -OCH3 is 2. The fraction of sp³-hybridized carbons (Fsp3) is 0.429. The summed E-state index contributed by atoms with van der Waals surface area (Å²) < 4.78 is 65.7. The second-order valence-electron chi connectivity index (χ2n) is 15.5. The lowest BCUT2D eigenvalue weighted by Crippen LogP contribution is -2.51. The minimum Gasteiger partial charge on any atom is -0.493 e. The zero-order chi connectivity index (χ0) is 41.8. The molecule has 1 aromatic heterocycles. The summed E-state index contributed by atoms with van der Waals surface area (Å²) in [7, 11) is 3.06. The van der Waals surface area contributed by atoms with E-state index in [9.17, 15) is 27.6 Å². The molecule has 0 saturated carbocycles. The van der Waals surface area contributed by atoms with Crippen LogP contribution in [0, 0.1) is 5.92 Å². The Morgan fingerprint density at radius 3 is 2.17 bits per heavy atom. The van der Waals surface area contributed by atoms with Crippen LogP contribution >= 0.6 is 0 Å². The lowest BCUT2D eigenvalue weighted by molar-refractivity contribution is -0.137. The van der Waals surface area contributed by atoms with Gasteiger partial charge in [0.15, 0.2) is 11.5 Å². The number of urea groups is 1. The maximum absolute atomic E-state index is 14.4. The molecule has 2 atom stereocenters. The summed E-state index contributed by atoms with van der Waals surface area (Å²) in [6.07, 6.45) is -1.59. The van der Waals surface area contributed by atoms with Crippen LogP contribution in [0.5, 0.6) is 23.0 Å². The Hall–Kier alpha value is -5.93. The van der Waals surface area contributed by atoms with Gasteiger partial charge in [0.1, 0.15) is 17.1 Å². The molecule has 3 heterocycles. The molecule has 2 saturated heterocycles. The van der Waals surface area contributed by atoms with Gasteiger partial charge in [-0.2, -0.15) is 13.2 Å². The van der Waals surface area contributed by atoms with Crippen molar-refractivity contribution in [3.8, 4) is 23.0 Å². The van der Waals surface area contributed by atoms with E-state index in [2.05, 4.69) is 20.9 Å². The van der Waals surface area contributed by atoms with E-state index in [0.29, 0.717) is 84.9 Å². The highest BCUT2D eigenvalue weighted by molar-refractivity contribution is 6.00. The van der Waals surface area contributed by atoms with E-state index >= 15 is 0 Å². The standard InChI is InChI=1S/C42H49F3N6O7/c1-25-20-26(13-19-51(25)40(54)58-41(2,3)4)38(52)47-27-14-17-50(18-15-27)34-11-10-29(22-32(34)42(43,44)45)49-39(53)48-28-8-7-9-30(21-28)57-35-12-16-46-33-24-37(56-6)36(55-5)23-31(33)35/h7-12,16,21-27H,13-15,17-20H2,1-6H3,(H,47,52)(H2,48,49,53). The summed E-state index contributed by atoms with van der Waals surface area (Å²) in [6, 6.07) is 14.3. The molecule has 2 fully saturated rings. The van der Waals surface area contributed by atoms with Crippen molar-refractivity contribution in [1.82, 2.24) is 15.2 Å². The number of ether oxygens (including phenoxy) is 4. The van der Waals surface area contributed by atoms with Gasteiger partial charge in [-0.15, -0.1) is 0 Å². The van der Waals surface area contributed by atoms with Crippen molar-refractivity contribution in [3.63, 3.8) is 0 Å². The third-order valence-electron chi connectivity index (χ3n) is 10.1. The number of benzene rings is 3. The van der Waals surface area contributed by atoms with Crippen molar-refractivity contribution < 1.29 is 46.5 Å². The van der Waals surface area contributed by atoms with Gasteiger partial charge in [-0.3, -0.25) is 9.78 Å². The molecule has 0 radical (unpaired) electrons. The summed E-state index contributed by atoms with van der Waals surface area (Å²) in [5.41, 5.74) is -0.585. The molecular formula is C42H49F3N6O7. The lowest BCUT2D eigenvalue weighted by atomic mass is 9.90. The number of piperidine rings is 2. The molecule has 16 heteroatoms. The number of alkyl halides is 3. The van der Waals surface area contributed by atoms with Crippen LogP contribution in [0.15, 0.2) is 66.9 Å². The van der Waals surface area contributed by atoms with Crippen molar-refractivity contribution in [2.24, 2.45) is 5.92 Å². The van der Waals surface area contributed by atoms with Gasteiger partial charge in [0, 0.05) is 78.4 Å². The van der Waals surface area contributed by atoms with E-state index in [1.807, 2.05) is 6.92 Å². The van der Waals surface area contributed by atoms with Crippen LogP contribution in [0.3, 0.4) is 0 Å². The van der Waals surface area contributed by atoms with E-state index in [1.54, 1.807) is 79.2 Å². The third-order valence-corrected chi connectivity index (χ3v) is 10.1. The number of fused-ring (bicyclic) bond motifs is 1. The fourth-order valence-electron chi connectivity index (χ4n) is 7.30. The average molecular weight is 807 g/mol. The smallest absolute Gasteiger partial charge is 0.418 e. The molecule has 58 heavy (non-hydrogen) atoms. The second-order valence-corrected chi connectivity index (χ2v) is 15.5. The number of nitrogens with one attached hydrogen (secondary N) is 3. The fourth-order valence-corrected chi connectivity index (χ4v) is 7.30. The Labute approximate surface area is 335 Å². The zero-order valence-corrected chi connectivity index (χ0v) is 33.4. The van der Waals surface area contributed by atoms with Crippen LogP contribution in [-0.4, -0.2) is 79.5 Å². The maximum Gasteiger partial charge on any atom is 0.418 e. The quantitative estimate of drug-likeness (QED) is 0.151. The number of hydrogen-bond acceptors (Lipinski definition) is 9. The van der Waals surface area contributed by atoms with Gasteiger partial charge in [-0.1, -0.05) is 6.07 Å². The number of halogens is 3. The lowest BCUT2D eigenvalue weighted by Gasteiger charge is -2.39. The first-order chi connectivity index (χ1) is 27.5. The molecule has 0 aliphatic carbocycles. The molecule has 2 aliphatic heterocycles. The number of hydrogen-bond donors (Lipinski definition) is 3. The Morgan fingerprint density at radius 2 is 1.52 bits per heavy atom. The minimum atomic E-state index is -4.70. The molecular weight excluding hydrogens is 757 g/mol. The van der Waals surface area contributed by atoms with E-state index in [0.717, 1.165) is 6.07 Å². The predicted molar refractivity (Wildman–Crippen MR) is 214 cm³/mol. The van der Waals surface area contributed by atoms with E-state index < -0.39 is 29.5 Å². The molecule has 4 aromatic rings. The van der Waals surface area contributed by atoms with Crippen molar-refractivity contribution in [2.75, 3.05) is 49.4 Å². The first-order valence-electron chi connectivity index (χ1n) is 19.1. The largest absolute Gasteiger partial charge is 0.493 e. The number of amides is 4. The van der Waals surface area contributed by atoms with Gasteiger partial charge >= 0.3 is 18.3 Å². The van der Waals surface area contributed by atoms with Gasteiger partial charge in [-0.25, -0.2) is 9.59 Å². The normalized spacial score (nSPS) is 17.7. The van der Waals surface area contributed by atoms with Crippen LogP contribution in [0.2, 0.25) is 0 Å². The number of anilines is 3. The summed E-state index contributed by atoms with van der Waals surface area (Å²) in [5.74, 6) is 1.49. The van der Waals surface area contributed by atoms with Gasteiger partial charge in [0.05, 0.1) is 25.3 Å². The average Bonchev–Trinajstić information content (AvgIpc) is 3.16. The molecule has 6 rings (SSSR count). The number of aromatic nitrogens is 1. The van der Waals surface area contributed by atoms with Crippen LogP contribution in [0.4, 0.5) is 39.8 Å². The highest BCUT2D eigenvalue weighted by Crippen LogP contribution is 2.40. The van der Waals surface area contributed by atoms with Crippen molar-refractivity contribution in [1.29, 1.82) is 0 Å². The van der Waals surface area contributed by atoms with E-state index in [4.69, 9.17) is 18.9 Å². The first-order valence-corrected chi connectivity index (χ1v) is 19.1. The Kier molecular flexibility index (Phi) is 12.4. The van der Waals surface area contributed by atoms with Gasteiger partial charge in [0.2, 0.25) is 5.91 Å². The van der Waals surface area contributed by atoms with Gasteiger partial charge < -0.3 is 44.7 Å². The molecule has 3 aromatic carbocycles. The summed E-state index contributed by atoms with van der Waals surface area (Å²) in [6.45, 7) is 8.31. The van der Waals surface area contributed by atoms with Crippen molar-refractivity contribution in [2.45, 2.75) is 77.2 Å². The third kappa shape index (κ3) is 10.1. The SMILES string of the molecule is COc1cc2nccc(Oc3cccc(NC(=O)Nc4ccc(N5CCC(NC(=O)C6CCN(C(=O)OC(C)(C)C)C(C)C6)CC5)c(C(F)(F)F)c4)c3)c2cc1OC. The number of nitrogens with zero attached hydrogens (tertiary/aromatic N) is 3. The predicted octanol–water partition coefficient (Wildman–Crippen LogP) is 8.83. The highest BCUT2D eigenvalue weighted by atomic mass is 19.4. The first kappa shape index (κ1) is 41.7. The number of pyridine rings is 1. The van der Waals surface area contributed by atoms with Crippen LogP contribution in [0.1, 0.15) is 58.9 Å². The monoisotopic (exact) mass is 806 g/mol. The van der Waals surface area contributed by atoms with E-state index in [1.165, 1.54) is 26.4 Å². The van der Waals surface area contributed by atoms with Crippen LogP contribution in [-0.2, 0) is 15.7 Å². The highest BCUT2D eigenvalue weighted by Gasteiger charge is 2.38. The van der Waals surface area contributed by atoms with Crippen molar-refractivity contribution in [3.05, 3.63) is 72.4 Å². The Bertz CT molecular complexity index is 2130. The number of rotatable bonds is 9. The van der Waals surface area contributed by atoms with E-state index in [-0.39, 0.29) is 35.3 Å². The molecule has 3 N–H and O–H groups in total.